The molecule has 4 rings (SSSR count). The second-order valence-corrected chi connectivity index (χ2v) is 9.60. The van der Waals surface area contributed by atoms with Crippen LogP contribution in [0.15, 0.2) is 47.9 Å². The van der Waals surface area contributed by atoms with Crippen molar-refractivity contribution < 1.29 is 12.8 Å². The number of piperidine rings is 1. The van der Waals surface area contributed by atoms with E-state index in [1.54, 1.807) is 12.4 Å². The highest BCUT2D eigenvalue weighted by Crippen LogP contribution is 2.33. The number of nitrogens with one attached hydrogen (secondary N) is 1. The number of anilines is 1. The quantitative estimate of drug-likeness (QED) is 0.602. The second-order valence-electron chi connectivity index (χ2n) is 7.17. The van der Waals surface area contributed by atoms with Crippen LogP contribution in [0.3, 0.4) is 0 Å². The minimum Gasteiger partial charge on any atom is -0.292 e. The van der Waals surface area contributed by atoms with Gasteiger partial charge in [0.05, 0.1) is 11.6 Å². The molecule has 0 bridgehead atoms. The Morgan fingerprint density at radius 3 is 2.81 bits per heavy atom. The maximum absolute atomic E-state index is 14.9. The summed E-state index contributed by atoms with van der Waals surface area (Å²) in [6.07, 6.45) is 7.72. The van der Waals surface area contributed by atoms with Gasteiger partial charge >= 0.3 is 0 Å². The van der Waals surface area contributed by atoms with Crippen molar-refractivity contribution in [3.05, 3.63) is 65.5 Å². The topological polar surface area (TPSA) is 112 Å². The highest BCUT2D eigenvalue weighted by Gasteiger charge is 2.27. The minimum atomic E-state index is -4.24. The van der Waals surface area contributed by atoms with E-state index in [0.717, 1.165) is 55.0 Å². The van der Waals surface area contributed by atoms with Crippen molar-refractivity contribution in [3.63, 3.8) is 0 Å². The summed E-state index contributed by atoms with van der Waals surface area (Å²) in [5.41, 5.74) is 1.70. The minimum absolute atomic E-state index is 0.0236. The lowest BCUT2D eigenvalue weighted by atomic mass is 9.95. The highest BCUT2D eigenvalue weighted by atomic mass is 32.2. The Labute approximate surface area is 183 Å². The van der Waals surface area contributed by atoms with Gasteiger partial charge in [0.2, 0.25) is 5.13 Å². The molecule has 0 radical (unpaired) electrons. The fraction of sp³-hybridized carbons (Fsp3) is 0.300. The lowest BCUT2D eigenvalue weighted by molar-refractivity contribution is 0.140. The zero-order valence-electron chi connectivity index (χ0n) is 16.4. The summed E-state index contributed by atoms with van der Waals surface area (Å²) >= 11 is 0.835. The molecule has 160 valence electrons. The Bertz CT molecular complexity index is 1200. The number of sulfonamides is 1. The predicted molar refractivity (Wildman–Crippen MR) is 113 cm³/mol. The molecule has 1 atom stereocenters. The standard InChI is InChI=1S/C20H19FN6O2S2/c21-17-9-16(12-27-8-2-1-3-18(27)14-4-6-23-7-5-14)15(11-22)10-19(17)31(28,29)26-20-24-13-25-30-20/h4-7,9-10,13,18H,1-3,8,12H2,(H,24,25,26)/t18-/m0/s1. The number of nitrogens with zero attached hydrogens (tertiary/aromatic N) is 5. The molecule has 11 heteroatoms. The number of hydrogen-bond donors (Lipinski definition) is 1. The van der Waals surface area contributed by atoms with Crippen LogP contribution in [0.2, 0.25) is 0 Å². The van der Waals surface area contributed by atoms with Crippen molar-refractivity contribution in [2.45, 2.75) is 36.7 Å². The fourth-order valence-electron chi connectivity index (χ4n) is 3.79. The van der Waals surface area contributed by atoms with E-state index in [1.165, 1.54) is 6.33 Å². The molecular weight excluding hydrogens is 439 g/mol. The lowest BCUT2D eigenvalue weighted by Crippen LogP contribution is -2.33. The first-order chi connectivity index (χ1) is 15.0. The molecule has 0 spiro atoms. The van der Waals surface area contributed by atoms with Gasteiger partial charge in [-0.3, -0.25) is 14.6 Å². The molecule has 3 aromatic rings. The normalized spacial score (nSPS) is 17.2. The summed E-state index contributed by atoms with van der Waals surface area (Å²) < 4.78 is 46.0. The first kappa shape index (κ1) is 21.3. The molecule has 1 N–H and O–H groups in total. The van der Waals surface area contributed by atoms with E-state index >= 15 is 0 Å². The number of pyridine rings is 1. The molecule has 1 fully saturated rings. The largest absolute Gasteiger partial charge is 0.292 e. The smallest absolute Gasteiger partial charge is 0.266 e. The molecule has 0 unspecified atom stereocenters. The van der Waals surface area contributed by atoms with Gasteiger partial charge in [0.25, 0.3) is 10.0 Å². The molecule has 1 aliphatic rings. The van der Waals surface area contributed by atoms with Gasteiger partial charge in [-0.2, -0.15) is 9.64 Å². The van der Waals surface area contributed by atoms with Gasteiger partial charge in [-0.25, -0.2) is 17.8 Å². The number of nitriles is 1. The monoisotopic (exact) mass is 458 g/mol. The Kier molecular flexibility index (Phi) is 6.22. The maximum atomic E-state index is 14.9. The van der Waals surface area contributed by atoms with Crippen molar-refractivity contribution in [3.8, 4) is 6.07 Å². The molecule has 8 nitrogen and oxygen atoms in total. The Morgan fingerprint density at radius 2 is 2.10 bits per heavy atom. The van der Waals surface area contributed by atoms with E-state index in [4.69, 9.17) is 0 Å². The molecule has 31 heavy (non-hydrogen) atoms. The average molecular weight is 459 g/mol. The van der Waals surface area contributed by atoms with Gasteiger partial charge in [0.1, 0.15) is 17.0 Å². The van der Waals surface area contributed by atoms with Crippen molar-refractivity contribution in [1.82, 2.24) is 19.2 Å². The third-order valence-corrected chi connectivity index (χ3v) is 7.29. The molecule has 0 saturated carbocycles. The van der Waals surface area contributed by atoms with E-state index < -0.39 is 20.7 Å². The van der Waals surface area contributed by atoms with Gasteiger partial charge in [-0.15, -0.1) is 0 Å². The summed E-state index contributed by atoms with van der Waals surface area (Å²) in [4.78, 5) is 9.42. The Balaban J connectivity index is 1.63. The van der Waals surface area contributed by atoms with Crippen molar-refractivity contribution in [2.24, 2.45) is 0 Å². The lowest BCUT2D eigenvalue weighted by Gasteiger charge is -2.36. The third-order valence-electron chi connectivity index (χ3n) is 5.23. The van der Waals surface area contributed by atoms with E-state index in [1.807, 2.05) is 18.2 Å². The van der Waals surface area contributed by atoms with Crippen molar-refractivity contribution in [1.29, 1.82) is 5.26 Å². The van der Waals surface area contributed by atoms with E-state index in [-0.39, 0.29) is 16.7 Å². The summed E-state index contributed by atoms with van der Waals surface area (Å²) in [5.74, 6) is -0.913. The second kappa shape index (κ2) is 9.05. The van der Waals surface area contributed by atoms with Gasteiger partial charge in [-0.05, 0) is 54.8 Å². The van der Waals surface area contributed by atoms with Gasteiger partial charge < -0.3 is 0 Å². The molecule has 1 aliphatic heterocycles. The predicted octanol–water partition coefficient (Wildman–Crippen LogP) is 3.47. The summed E-state index contributed by atoms with van der Waals surface area (Å²) in [7, 11) is -4.24. The summed E-state index contributed by atoms with van der Waals surface area (Å²) in [6, 6.07) is 8.30. The van der Waals surface area contributed by atoms with Gasteiger partial charge in [0, 0.05) is 36.5 Å². The number of hydrogen-bond acceptors (Lipinski definition) is 8. The first-order valence-electron chi connectivity index (χ1n) is 9.64. The number of benzene rings is 1. The van der Waals surface area contributed by atoms with Crippen LogP contribution < -0.4 is 4.72 Å². The van der Waals surface area contributed by atoms with E-state index in [9.17, 15) is 18.1 Å². The van der Waals surface area contributed by atoms with Crippen LogP contribution in [0.5, 0.6) is 0 Å². The van der Waals surface area contributed by atoms with Crippen LogP contribution in [0.4, 0.5) is 9.52 Å². The molecule has 1 saturated heterocycles. The van der Waals surface area contributed by atoms with Crippen molar-refractivity contribution in [2.75, 3.05) is 11.3 Å². The SMILES string of the molecule is N#Cc1cc(S(=O)(=O)Nc2ncns2)c(F)cc1CN1CCCC[C@H]1c1ccncc1. The molecule has 0 amide bonds. The number of likely N-dealkylation sites (tertiary alicyclic amines) is 1. The van der Waals surface area contributed by atoms with Crippen LogP contribution in [0, 0.1) is 17.1 Å². The zero-order valence-corrected chi connectivity index (χ0v) is 18.0. The third kappa shape index (κ3) is 4.71. The molecular formula is C20H19FN6O2S2. The van der Waals surface area contributed by atoms with Crippen LogP contribution >= 0.6 is 11.5 Å². The zero-order chi connectivity index (χ0) is 21.8. The van der Waals surface area contributed by atoms with E-state index in [2.05, 4.69) is 24.0 Å². The summed E-state index contributed by atoms with van der Waals surface area (Å²) in [6.45, 7) is 1.15. The van der Waals surface area contributed by atoms with Gasteiger partial charge in [0.15, 0.2) is 0 Å². The van der Waals surface area contributed by atoms with E-state index in [0.29, 0.717) is 12.1 Å². The molecule has 2 aromatic heterocycles. The molecule has 3 heterocycles. The number of aromatic nitrogens is 3. The first-order valence-corrected chi connectivity index (χ1v) is 11.9. The Morgan fingerprint density at radius 1 is 1.29 bits per heavy atom. The van der Waals surface area contributed by atoms with Crippen LogP contribution in [-0.4, -0.2) is 34.2 Å². The average Bonchev–Trinajstić information content (AvgIpc) is 3.27. The van der Waals surface area contributed by atoms with Crippen LogP contribution in [0.1, 0.15) is 42.0 Å². The van der Waals surface area contributed by atoms with Crippen molar-refractivity contribution >= 4 is 26.7 Å². The summed E-state index contributed by atoms with van der Waals surface area (Å²) in [5, 5.41) is 9.66. The van der Waals surface area contributed by atoms with Crippen LogP contribution in [-0.2, 0) is 16.6 Å². The van der Waals surface area contributed by atoms with Gasteiger partial charge in [-0.1, -0.05) is 6.42 Å². The number of halogens is 1. The fourth-order valence-corrected chi connectivity index (χ4v) is 5.53. The Hall–Kier alpha value is -2.94. The maximum Gasteiger partial charge on any atom is 0.266 e. The molecule has 0 aliphatic carbocycles. The molecule has 1 aromatic carbocycles. The van der Waals surface area contributed by atoms with Crippen LogP contribution in [0.25, 0.3) is 0 Å². The number of rotatable bonds is 6. The highest BCUT2D eigenvalue weighted by molar-refractivity contribution is 7.93.